The minimum absolute atomic E-state index is 0.132. The van der Waals surface area contributed by atoms with Crippen molar-refractivity contribution in [2.24, 2.45) is 0 Å². The smallest absolute Gasteiger partial charge is 0.273 e. The molecule has 3 rings (SSSR count). The van der Waals surface area contributed by atoms with Gasteiger partial charge < -0.3 is 5.32 Å². The molecule has 0 fully saturated rings. The maximum absolute atomic E-state index is 11.0. The lowest BCUT2D eigenvalue weighted by Crippen LogP contribution is -1.93. The van der Waals surface area contributed by atoms with Gasteiger partial charge in [0.25, 0.3) is 5.69 Å². The predicted molar refractivity (Wildman–Crippen MR) is 97.0 cm³/mol. The summed E-state index contributed by atoms with van der Waals surface area (Å²) in [6, 6.07) is 14.8. The zero-order valence-corrected chi connectivity index (χ0v) is 14.4. The summed E-state index contributed by atoms with van der Waals surface area (Å²) in [5.74, 6) is 0.482. The number of nitrogens with zero attached hydrogens (tertiary/aromatic N) is 3. The summed E-state index contributed by atoms with van der Waals surface area (Å²) in [6.07, 6.45) is 0. The van der Waals surface area contributed by atoms with E-state index in [0.717, 1.165) is 10.0 Å². The van der Waals surface area contributed by atoms with E-state index < -0.39 is 0 Å². The number of para-hydroxylation sites is 1. The maximum Gasteiger partial charge on any atom is 0.273 e. The number of aromatic nitrogens is 2. The van der Waals surface area contributed by atoms with Crippen LogP contribution in [0.25, 0.3) is 0 Å². The predicted octanol–water partition coefficient (Wildman–Crippen LogP) is 4.79. The van der Waals surface area contributed by atoms with Crippen LogP contribution in [0.4, 0.5) is 16.5 Å². The summed E-state index contributed by atoms with van der Waals surface area (Å²) in [5, 5.41) is 23.2. The molecule has 0 atom stereocenters. The monoisotopic (exact) mass is 358 g/mol. The van der Waals surface area contributed by atoms with Gasteiger partial charge in [-0.2, -0.15) is 0 Å². The molecule has 1 aromatic heterocycles. The van der Waals surface area contributed by atoms with Gasteiger partial charge in [-0.1, -0.05) is 59.0 Å². The second-order valence-corrected chi connectivity index (χ2v) is 7.24. The Morgan fingerprint density at radius 2 is 1.92 bits per heavy atom. The van der Waals surface area contributed by atoms with E-state index in [1.807, 2.05) is 31.2 Å². The summed E-state index contributed by atoms with van der Waals surface area (Å²) in [4.78, 5) is 10.7. The van der Waals surface area contributed by atoms with Crippen molar-refractivity contribution in [2.45, 2.75) is 17.0 Å². The number of nitro benzene ring substituents is 1. The van der Waals surface area contributed by atoms with E-state index in [1.54, 1.807) is 18.2 Å². The van der Waals surface area contributed by atoms with Crippen molar-refractivity contribution >= 4 is 39.6 Å². The third-order valence-electron chi connectivity index (χ3n) is 3.25. The van der Waals surface area contributed by atoms with Gasteiger partial charge >= 0.3 is 0 Å². The number of benzene rings is 2. The van der Waals surface area contributed by atoms with Crippen LogP contribution >= 0.6 is 23.1 Å². The van der Waals surface area contributed by atoms with Crippen LogP contribution in [-0.4, -0.2) is 15.1 Å². The Morgan fingerprint density at radius 3 is 2.67 bits per heavy atom. The van der Waals surface area contributed by atoms with Crippen molar-refractivity contribution in [1.82, 2.24) is 10.2 Å². The second kappa shape index (κ2) is 7.41. The number of hydrogen-bond acceptors (Lipinski definition) is 7. The molecule has 0 aliphatic rings. The van der Waals surface area contributed by atoms with Gasteiger partial charge in [-0.15, -0.1) is 10.2 Å². The summed E-state index contributed by atoms with van der Waals surface area (Å²) < 4.78 is 0.766. The fourth-order valence-electron chi connectivity index (χ4n) is 2.03. The summed E-state index contributed by atoms with van der Waals surface area (Å²) >= 11 is 2.86. The van der Waals surface area contributed by atoms with Crippen molar-refractivity contribution in [2.75, 3.05) is 5.32 Å². The molecule has 0 amide bonds. The van der Waals surface area contributed by atoms with E-state index in [-0.39, 0.29) is 10.6 Å². The van der Waals surface area contributed by atoms with E-state index in [1.165, 1.54) is 34.7 Å². The molecule has 0 radical (unpaired) electrons. The quantitative estimate of drug-likeness (QED) is 0.387. The second-order valence-electron chi connectivity index (χ2n) is 5.04. The number of rotatable bonds is 6. The molecule has 0 aliphatic heterocycles. The van der Waals surface area contributed by atoms with Crippen molar-refractivity contribution in [3.05, 3.63) is 69.8 Å². The molecule has 8 heteroatoms. The fourth-order valence-corrected chi connectivity index (χ4v) is 3.80. The molecule has 0 unspecified atom stereocenters. The van der Waals surface area contributed by atoms with E-state index in [0.29, 0.717) is 16.4 Å². The Balaban J connectivity index is 1.64. The molecule has 6 nitrogen and oxygen atoms in total. The SMILES string of the molecule is Cc1ccc(Nc2nnc(SCc3ccccc3[N+](=O)[O-])s2)cc1. The number of nitro groups is 1. The number of nitrogens with one attached hydrogen (secondary N) is 1. The zero-order valence-electron chi connectivity index (χ0n) is 12.8. The topological polar surface area (TPSA) is 81.0 Å². The molecular formula is C16H14N4O2S2. The summed E-state index contributed by atoms with van der Waals surface area (Å²) in [6.45, 7) is 2.03. The van der Waals surface area contributed by atoms with Crippen molar-refractivity contribution in [1.29, 1.82) is 0 Å². The number of anilines is 2. The lowest BCUT2D eigenvalue weighted by molar-refractivity contribution is -0.385. The van der Waals surface area contributed by atoms with Gasteiger partial charge in [-0.25, -0.2) is 0 Å². The van der Waals surface area contributed by atoms with Gasteiger partial charge in [0.05, 0.1) is 4.92 Å². The number of hydrogen-bond donors (Lipinski definition) is 1. The first-order valence-corrected chi connectivity index (χ1v) is 8.94. The molecule has 0 saturated carbocycles. The van der Waals surface area contributed by atoms with E-state index >= 15 is 0 Å². The number of thioether (sulfide) groups is 1. The first-order valence-electron chi connectivity index (χ1n) is 7.14. The molecule has 1 heterocycles. The van der Waals surface area contributed by atoms with Crippen LogP contribution in [0.2, 0.25) is 0 Å². The third-order valence-corrected chi connectivity index (χ3v) is 5.27. The highest BCUT2D eigenvalue weighted by Gasteiger charge is 2.13. The maximum atomic E-state index is 11.0. The summed E-state index contributed by atoms with van der Waals surface area (Å²) in [5.41, 5.74) is 2.95. The highest BCUT2D eigenvalue weighted by molar-refractivity contribution is 8.00. The first kappa shape index (κ1) is 16.4. The van der Waals surface area contributed by atoms with Crippen LogP contribution in [0.3, 0.4) is 0 Å². The van der Waals surface area contributed by atoms with Gasteiger partial charge in [0.1, 0.15) is 0 Å². The highest BCUT2D eigenvalue weighted by Crippen LogP contribution is 2.32. The van der Waals surface area contributed by atoms with Gasteiger partial charge in [-0.3, -0.25) is 10.1 Å². The van der Waals surface area contributed by atoms with Gasteiger partial charge in [0.15, 0.2) is 4.34 Å². The Hall–Kier alpha value is -2.45. The van der Waals surface area contributed by atoms with E-state index in [9.17, 15) is 10.1 Å². The van der Waals surface area contributed by atoms with Crippen LogP contribution in [0.15, 0.2) is 52.9 Å². The van der Waals surface area contributed by atoms with Gasteiger partial charge in [0.2, 0.25) is 5.13 Å². The standard InChI is InChI=1S/C16H14N4O2S2/c1-11-6-8-13(9-7-11)17-15-18-19-16(24-15)23-10-12-4-2-3-5-14(12)20(21)22/h2-9H,10H2,1H3,(H,17,18). The Morgan fingerprint density at radius 1 is 1.17 bits per heavy atom. The molecule has 2 aromatic carbocycles. The minimum Gasteiger partial charge on any atom is -0.330 e. The lowest BCUT2D eigenvalue weighted by Gasteiger charge is -2.01. The fraction of sp³-hybridized carbons (Fsp3) is 0.125. The Bertz CT molecular complexity index is 849. The van der Waals surface area contributed by atoms with Crippen molar-refractivity contribution < 1.29 is 4.92 Å². The van der Waals surface area contributed by atoms with Crippen LogP contribution in [0.5, 0.6) is 0 Å². The molecule has 24 heavy (non-hydrogen) atoms. The Kier molecular flexibility index (Phi) is 5.07. The first-order chi connectivity index (χ1) is 11.6. The van der Waals surface area contributed by atoms with E-state index in [4.69, 9.17) is 0 Å². The third kappa shape index (κ3) is 4.09. The minimum atomic E-state index is -0.361. The molecule has 1 N–H and O–H groups in total. The van der Waals surface area contributed by atoms with E-state index in [2.05, 4.69) is 15.5 Å². The highest BCUT2D eigenvalue weighted by atomic mass is 32.2. The van der Waals surface area contributed by atoms with Crippen molar-refractivity contribution in [3.8, 4) is 0 Å². The van der Waals surface area contributed by atoms with Gasteiger partial charge in [-0.05, 0) is 19.1 Å². The number of aryl methyl sites for hydroxylation is 1. The van der Waals surface area contributed by atoms with Crippen molar-refractivity contribution in [3.63, 3.8) is 0 Å². The molecule has 0 bridgehead atoms. The molecule has 0 saturated heterocycles. The Labute approximate surface area is 147 Å². The summed E-state index contributed by atoms with van der Waals surface area (Å²) in [7, 11) is 0. The van der Waals surface area contributed by atoms with Crippen LogP contribution in [0, 0.1) is 17.0 Å². The average Bonchev–Trinajstić information content (AvgIpc) is 3.03. The average molecular weight is 358 g/mol. The molecule has 3 aromatic rings. The largest absolute Gasteiger partial charge is 0.330 e. The van der Waals surface area contributed by atoms with Gasteiger partial charge in [0, 0.05) is 23.1 Å². The zero-order chi connectivity index (χ0) is 16.9. The molecule has 0 spiro atoms. The van der Waals surface area contributed by atoms with Crippen LogP contribution in [-0.2, 0) is 5.75 Å². The molecular weight excluding hydrogens is 344 g/mol. The van der Waals surface area contributed by atoms with Crippen LogP contribution < -0.4 is 5.32 Å². The molecule has 122 valence electrons. The molecule has 0 aliphatic carbocycles. The van der Waals surface area contributed by atoms with Crippen LogP contribution in [0.1, 0.15) is 11.1 Å². The normalized spacial score (nSPS) is 10.5. The lowest BCUT2D eigenvalue weighted by atomic mass is 10.2.